The van der Waals surface area contributed by atoms with Crippen LogP contribution in [0, 0.1) is 0 Å². The second-order valence-corrected chi connectivity index (χ2v) is 14.5. The van der Waals surface area contributed by atoms with Crippen LogP contribution in [0.2, 0.25) is 0 Å². The molecule has 0 radical (unpaired) electrons. The second kappa shape index (κ2) is 15.0. The molecule has 0 amide bonds. The van der Waals surface area contributed by atoms with Gasteiger partial charge >= 0.3 is 0 Å². The van der Waals surface area contributed by atoms with Crippen LogP contribution in [0.1, 0.15) is 0 Å². The fourth-order valence-corrected chi connectivity index (χ4v) is 8.38. The average Bonchev–Trinajstić information content (AvgIpc) is 3.30. The van der Waals surface area contributed by atoms with Crippen LogP contribution in [0.3, 0.4) is 0 Å². The quantitative estimate of drug-likeness (QED) is 0.141. The first kappa shape index (κ1) is 34.0. The first-order chi connectivity index (χ1) is 28.3. The lowest BCUT2D eigenvalue weighted by molar-refractivity contribution is 1.28. The molecule has 0 aliphatic rings. The van der Waals surface area contributed by atoms with Gasteiger partial charge in [-0.25, -0.2) is 0 Å². The number of para-hydroxylation sites is 1. The molecule has 0 aromatic heterocycles. The van der Waals surface area contributed by atoms with Gasteiger partial charge in [0.2, 0.25) is 0 Å². The maximum absolute atomic E-state index is 2.41. The van der Waals surface area contributed by atoms with E-state index in [1.807, 2.05) is 0 Å². The van der Waals surface area contributed by atoms with E-state index in [2.05, 4.69) is 241 Å². The van der Waals surface area contributed by atoms with Gasteiger partial charge in [-0.05, 0) is 108 Å². The van der Waals surface area contributed by atoms with Gasteiger partial charge in [-0.1, -0.05) is 200 Å². The Kier molecular flexibility index (Phi) is 8.95. The van der Waals surface area contributed by atoms with Crippen LogP contribution in [0.25, 0.3) is 77.2 Å². The largest absolute Gasteiger partial charge is 0.310 e. The van der Waals surface area contributed by atoms with Crippen molar-refractivity contribution in [2.45, 2.75) is 0 Å². The SMILES string of the molecule is c1ccc(-c2ccc(N(c3ccc(-c4cc5ccccc5c5ccccc45)cc3)c3ccccc3-c3ccccc3-c3ccccc3-c3ccccc3)cc2)cc1. The van der Waals surface area contributed by atoms with Gasteiger partial charge in [0.1, 0.15) is 0 Å². The molecule has 10 aromatic rings. The van der Waals surface area contributed by atoms with Crippen molar-refractivity contribution in [2.75, 3.05) is 4.90 Å². The molecule has 0 unspecified atom stereocenters. The topological polar surface area (TPSA) is 3.24 Å². The van der Waals surface area contributed by atoms with Crippen LogP contribution < -0.4 is 4.90 Å². The zero-order valence-corrected chi connectivity index (χ0v) is 31.5. The highest BCUT2D eigenvalue weighted by atomic mass is 15.1. The minimum Gasteiger partial charge on any atom is -0.310 e. The Balaban J connectivity index is 1.13. The highest BCUT2D eigenvalue weighted by molar-refractivity contribution is 6.13. The second-order valence-electron chi connectivity index (χ2n) is 14.5. The molecular weight excluding hydrogens is 687 g/mol. The summed E-state index contributed by atoms with van der Waals surface area (Å²) in [6.07, 6.45) is 0. The third-order valence-corrected chi connectivity index (χ3v) is 11.1. The Bertz CT molecular complexity index is 2980. The Morgan fingerprint density at radius 1 is 0.228 bits per heavy atom. The van der Waals surface area contributed by atoms with Gasteiger partial charge in [0.05, 0.1) is 5.69 Å². The van der Waals surface area contributed by atoms with Crippen LogP contribution in [-0.4, -0.2) is 0 Å². The molecule has 0 N–H and O–H groups in total. The van der Waals surface area contributed by atoms with E-state index >= 15 is 0 Å². The number of hydrogen-bond donors (Lipinski definition) is 0. The van der Waals surface area contributed by atoms with Crippen LogP contribution >= 0.6 is 0 Å². The van der Waals surface area contributed by atoms with E-state index < -0.39 is 0 Å². The fraction of sp³-hybridized carbons (Fsp3) is 0. The predicted molar refractivity (Wildman–Crippen MR) is 243 cm³/mol. The lowest BCUT2D eigenvalue weighted by atomic mass is 9.88. The van der Waals surface area contributed by atoms with Crippen LogP contribution in [0.4, 0.5) is 17.1 Å². The first-order valence-electron chi connectivity index (χ1n) is 19.6. The number of fused-ring (bicyclic) bond motifs is 3. The van der Waals surface area contributed by atoms with Crippen LogP contribution in [0.15, 0.2) is 237 Å². The van der Waals surface area contributed by atoms with Gasteiger partial charge in [-0.2, -0.15) is 0 Å². The molecule has 0 aliphatic heterocycles. The van der Waals surface area contributed by atoms with Crippen molar-refractivity contribution in [3.05, 3.63) is 237 Å². The van der Waals surface area contributed by atoms with Crippen molar-refractivity contribution < 1.29 is 0 Å². The third-order valence-electron chi connectivity index (χ3n) is 11.1. The Hall–Kier alpha value is -7.48. The number of benzene rings is 10. The summed E-state index contributed by atoms with van der Waals surface area (Å²) < 4.78 is 0. The van der Waals surface area contributed by atoms with E-state index in [-0.39, 0.29) is 0 Å². The molecular formula is C56H39N. The van der Waals surface area contributed by atoms with Crippen molar-refractivity contribution in [2.24, 2.45) is 0 Å². The van der Waals surface area contributed by atoms with Gasteiger partial charge in [-0.15, -0.1) is 0 Å². The lowest BCUT2D eigenvalue weighted by Crippen LogP contribution is -2.11. The van der Waals surface area contributed by atoms with E-state index in [1.54, 1.807) is 0 Å². The first-order valence-corrected chi connectivity index (χ1v) is 19.6. The molecule has 0 spiro atoms. The molecule has 0 saturated heterocycles. The van der Waals surface area contributed by atoms with Crippen molar-refractivity contribution in [1.82, 2.24) is 0 Å². The predicted octanol–water partition coefficient (Wildman–Crippen LogP) is 15.8. The zero-order chi connectivity index (χ0) is 38.0. The number of hydrogen-bond acceptors (Lipinski definition) is 1. The minimum absolute atomic E-state index is 1.09. The van der Waals surface area contributed by atoms with Crippen molar-refractivity contribution in [3.8, 4) is 55.6 Å². The lowest BCUT2D eigenvalue weighted by Gasteiger charge is -2.29. The molecule has 10 rings (SSSR count). The molecule has 0 fully saturated rings. The summed E-state index contributed by atoms with van der Waals surface area (Å²) in [6.45, 7) is 0. The van der Waals surface area contributed by atoms with E-state index in [0.29, 0.717) is 0 Å². The summed E-state index contributed by atoms with van der Waals surface area (Å²) >= 11 is 0. The van der Waals surface area contributed by atoms with Crippen molar-refractivity contribution in [3.63, 3.8) is 0 Å². The van der Waals surface area contributed by atoms with Gasteiger partial charge in [0.25, 0.3) is 0 Å². The van der Waals surface area contributed by atoms with Crippen LogP contribution in [-0.2, 0) is 0 Å². The fourth-order valence-electron chi connectivity index (χ4n) is 8.38. The molecule has 10 aromatic carbocycles. The van der Waals surface area contributed by atoms with Crippen LogP contribution in [0.5, 0.6) is 0 Å². The summed E-state index contributed by atoms with van der Waals surface area (Å²) in [4.78, 5) is 2.41. The van der Waals surface area contributed by atoms with E-state index in [9.17, 15) is 0 Å². The standard InChI is InChI=1S/C56H39N/c1-3-17-40(18-4-1)41-31-35-45(36-32-41)57(46-37-33-43(34-38-46)55-39-44-21-7-8-23-48(44)50-25-11-14-28-53(50)55)56-30-16-15-29-54(56)52-27-13-12-26-51(52)49-24-10-9-22-47(49)42-19-5-2-6-20-42/h1-39H. The van der Waals surface area contributed by atoms with Gasteiger partial charge < -0.3 is 4.90 Å². The molecule has 57 heavy (non-hydrogen) atoms. The normalized spacial score (nSPS) is 11.2. The molecule has 1 heteroatoms. The molecule has 0 atom stereocenters. The highest BCUT2D eigenvalue weighted by Gasteiger charge is 2.20. The number of rotatable bonds is 8. The monoisotopic (exact) mass is 725 g/mol. The average molecular weight is 726 g/mol. The van der Waals surface area contributed by atoms with Crippen molar-refractivity contribution in [1.29, 1.82) is 0 Å². The smallest absolute Gasteiger partial charge is 0.0540 e. The summed E-state index contributed by atoms with van der Waals surface area (Å²) in [6, 6.07) is 85.6. The summed E-state index contributed by atoms with van der Waals surface area (Å²) in [5, 5.41) is 5.06. The maximum Gasteiger partial charge on any atom is 0.0540 e. The van der Waals surface area contributed by atoms with Crippen molar-refractivity contribution >= 4 is 38.6 Å². The highest BCUT2D eigenvalue weighted by Crippen LogP contribution is 2.46. The molecule has 0 saturated carbocycles. The Morgan fingerprint density at radius 3 is 1.28 bits per heavy atom. The summed E-state index contributed by atoms with van der Waals surface area (Å²) in [7, 11) is 0. The van der Waals surface area contributed by atoms with E-state index in [0.717, 1.165) is 22.6 Å². The Morgan fingerprint density at radius 2 is 0.632 bits per heavy atom. The third kappa shape index (κ3) is 6.46. The van der Waals surface area contributed by atoms with Gasteiger partial charge in [0.15, 0.2) is 0 Å². The molecule has 0 aliphatic carbocycles. The summed E-state index contributed by atoms with van der Waals surface area (Å²) in [5.41, 5.74) is 15.3. The maximum atomic E-state index is 2.41. The number of nitrogens with zero attached hydrogens (tertiary/aromatic N) is 1. The van der Waals surface area contributed by atoms with E-state index in [1.165, 1.54) is 71.6 Å². The zero-order valence-electron chi connectivity index (χ0n) is 31.5. The Labute approximate surface area is 334 Å². The number of anilines is 3. The van der Waals surface area contributed by atoms with Gasteiger partial charge in [0, 0.05) is 16.9 Å². The molecule has 0 bridgehead atoms. The molecule has 0 heterocycles. The summed E-state index contributed by atoms with van der Waals surface area (Å²) in [5.74, 6) is 0. The minimum atomic E-state index is 1.09. The molecule has 1 nitrogen and oxygen atoms in total. The molecule has 268 valence electrons. The van der Waals surface area contributed by atoms with Gasteiger partial charge in [-0.3, -0.25) is 0 Å². The van der Waals surface area contributed by atoms with E-state index in [4.69, 9.17) is 0 Å².